The Morgan fingerprint density at radius 1 is 1.25 bits per heavy atom. The number of ether oxygens (including phenoxy) is 1. The summed E-state index contributed by atoms with van der Waals surface area (Å²) in [4.78, 5) is 1.24. The molecule has 0 bridgehead atoms. The van der Waals surface area contributed by atoms with Crippen molar-refractivity contribution in [3.63, 3.8) is 0 Å². The zero-order valence-corrected chi connectivity index (χ0v) is 13.3. The van der Waals surface area contributed by atoms with Gasteiger partial charge >= 0.3 is 0 Å². The third kappa shape index (κ3) is 2.87. The molecule has 0 fully saturated rings. The standard InChI is InChI=1S/C14H17NO3S2/c1-11-8-9-19-13(11)10-15(2)20(16,17)14-7-5-4-6-12(14)18-3/h4-9H,10H2,1-3H3. The van der Waals surface area contributed by atoms with Gasteiger partial charge in [0, 0.05) is 18.5 Å². The van der Waals surface area contributed by atoms with Crippen molar-refractivity contribution in [3.05, 3.63) is 46.2 Å². The highest BCUT2D eigenvalue weighted by Gasteiger charge is 2.25. The monoisotopic (exact) mass is 311 g/mol. The van der Waals surface area contributed by atoms with Crippen LogP contribution in [0, 0.1) is 6.92 Å². The number of nitrogens with zero attached hydrogens (tertiary/aromatic N) is 1. The lowest BCUT2D eigenvalue weighted by molar-refractivity contribution is 0.398. The van der Waals surface area contributed by atoms with E-state index >= 15 is 0 Å². The largest absolute Gasteiger partial charge is 0.495 e. The molecule has 0 amide bonds. The molecule has 2 rings (SSSR count). The van der Waals surface area contributed by atoms with Crippen LogP contribution in [0.1, 0.15) is 10.4 Å². The van der Waals surface area contributed by atoms with E-state index in [1.165, 1.54) is 11.4 Å². The predicted octanol–water partition coefficient (Wildman–Crippen LogP) is 2.89. The average Bonchev–Trinajstić information content (AvgIpc) is 2.84. The van der Waals surface area contributed by atoms with Gasteiger partial charge in [-0.25, -0.2) is 8.42 Å². The van der Waals surface area contributed by atoms with Gasteiger partial charge in [-0.15, -0.1) is 11.3 Å². The first kappa shape index (κ1) is 15.0. The van der Waals surface area contributed by atoms with Crippen molar-refractivity contribution in [1.29, 1.82) is 0 Å². The highest BCUT2D eigenvalue weighted by Crippen LogP contribution is 2.27. The van der Waals surface area contributed by atoms with Crippen LogP contribution in [0.5, 0.6) is 5.75 Å². The molecule has 1 aromatic carbocycles. The van der Waals surface area contributed by atoms with E-state index in [0.29, 0.717) is 12.3 Å². The van der Waals surface area contributed by atoms with E-state index in [0.717, 1.165) is 10.4 Å². The summed E-state index contributed by atoms with van der Waals surface area (Å²) in [5, 5.41) is 1.97. The maximum absolute atomic E-state index is 12.6. The smallest absolute Gasteiger partial charge is 0.246 e. The molecular formula is C14H17NO3S2. The van der Waals surface area contributed by atoms with Gasteiger partial charge < -0.3 is 4.74 Å². The minimum atomic E-state index is -3.56. The average molecular weight is 311 g/mol. The second-order valence-corrected chi connectivity index (χ2v) is 7.45. The van der Waals surface area contributed by atoms with E-state index in [-0.39, 0.29) is 4.90 Å². The number of para-hydroxylation sites is 1. The number of hydrogen-bond acceptors (Lipinski definition) is 4. The van der Waals surface area contributed by atoms with Gasteiger partial charge in [-0.1, -0.05) is 12.1 Å². The Kier molecular flexibility index (Phi) is 4.47. The molecule has 0 N–H and O–H groups in total. The minimum absolute atomic E-state index is 0.194. The lowest BCUT2D eigenvalue weighted by Gasteiger charge is -2.18. The molecule has 0 unspecified atom stereocenters. The highest BCUT2D eigenvalue weighted by atomic mass is 32.2. The topological polar surface area (TPSA) is 46.6 Å². The molecule has 0 aliphatic rings. The summed E-state index contributed by atoms with van der Waals surface area (Å²) in [6.45, 7) is 2.35. The zero-order chi connectivity index (χ0) is 14.8. The third-order valence-electron chi connectivity index (χ3n) is 3.09. The van der Waals surface area contributed by atoms with Crippen LogP contribution in [0.3, 0.4) is 0 Å². The lowest BCUT2D eigenvalue weighted by Crippen LogP contribution is -2.26. The second kappa shape index (κ2) is 5.95. The van der Waals surface area contributed by atoms with E-state index in [2.05, 4.69) is 0 Å². The second-order valence-electron chi connectivity index (χ2n) is 4.44. The lowest BCUT2D eigenvalue weighted by atomic mass is 10.3. The van der Waals surface area contributed by atoms with Crippen molar-refractivity contribution >= 4 is 21.4 Å². The summed E-state index contributed by atoms with van der Waals surface area (Å²) in [5.41, 5.74) is 1.11. The van der Waals surface area contributed by atoms with Crippen molar-refractivity contribution in [2.45, 2.75) is 18.4 Å². The summed E-state index contributed by atoms with van der Waals surface area (Å²) in [5.74, 6) is 0.363. The first-order valence-corrected chi connectivity index (χ1v) is 8.41. The Balaban J connectivity index is 2.32. The summed E-state index contributed by atoms with van der Waals surface area (Å²) >= 11 is 1.56. The quantitative estimate of drug-likeness (QED) is 0.853. The van der Waals surface area contributed by atoms with Crippen molar-refractivity contribution < 1.29 is 13.2 Å². The minimum Gasteiger partial charge on any atom is -0.495 e. The van der Waals surface area contributed by atoms with Crippen LogP contribution in [0.25, 0.3) is 0 Å². The number of benzene rings is 1. The van der Waals surface area contributed by atoms with Gasteiger partial charge in [0.1, 0.15) is 10.6 Å². The van der Waals surface area contributed by atoms with Crippen LogP contribution in [0.4, 0.5) is 0 Å². The maximum atomic E-state index is 12.6. The van der Waals surface area contributed by atoms with E-state index in [1.54, 1.807) is 42.6 Å². The molecule has 0 atom stereocenters. The number of methoxy groups -OCH3 is 1. The molecule has 0 aliphatic heterocycles. The van der Waals surface area contributed by atoms with E-state index in [4.69, 9.17) is 4.74 Å². The number of aryl methyl sites for hydroxylation is 1. The Morgan fingerprint density at radius 3 is 2.55 bits per heavy atom. The molecule has 4 nitrogen and oxygen atoms in total. The molecule has 0 spiro atoms. The molecule has 6 heteroatoms. The van der Waals surface area contributed by atoms with Crippen LogP contribution in [-0.2, 0) is 16.6 Å². The van der Waals surface area contributed by atoms with E-state index < -0.39 is 10.0 Å². The SMILES string of the molecule is COc1ccccc1S(=O)(=O)N(C)Cc1sccc1C. The fraction of sp³-hybridized carbons (Fsp3) is 0.286. The molecule has 1 heterocycles. The Bertz CT molecular complexity index is 692. The number of rotatable bonds is 5. The molecule has 1 aromatic heterocycles. The maximum Gasteiger partial charge on any atom is 0.246 e. The predicted molar refractivity (Wildman–Crippen MR) is 80.7 cm³/mol. The highest BCUT2D eigenvalue weighted by molar-refractivity contribution is 7.89. The number of hydrogen-bond donors (Lipinski definition) is 0. The number of thiophene rings is 1. The first-order chi connectivity index (χ1) is 9.46. The molecule has 20 heavy (non-hydrogen) atoms. The zero-order valence-electron chi connectivity index (χ0n) is 11.7. The Labute approximate surface area is 123 Å². The third-order valence-corrected chi connectivity index (χ3v) is 5.94. The van der Waals surface area contributed by atoms with Crippen molar-refractivity contribution in [3.8, 4) is 5.75 Å². The van der Waals surface area contributed by atoms with Gasteiger partial charge in [-0.2, -0.15) is 4.31 Å². The summed E-state index contributed by atoms with van der Waals surface area (Å²) in [6.07, 6.45) is 0. The van der Waals surface area contributed by atoms with Crippen LogP contribution in [-0.4, -0.2) is 26.9 Å². The van der Waals surface area contributed by atoms with Crippen LogP contribution >= 0.6 is 11.3 Å². The molecule has 2 aromatic rings. The van der Waals surface area contributed by atoms with Crippen molar-refractivity contribution in [2.24, 2.45) is 0 Å². The summed E-state index contributed by atoms with van der Waals surface area (Å²) < 4.78 is 31.7. The van der Waals surface area contributed by atoms with Crippen LogP contribution < -0.4 is 4.74 Å². The van der Waals surface area contributed by atoms with Gasteiger partial charge in [0.05, 0.1) is 7.11 Å². The Hall–Kier alpha value is -1.37. The molecule has 0 saturated carbocycles. The van der Waals surface area contributed by atoms with Gasteiger partial charge in [-0.05, 0) is 36.1 Å². The van der Waals surface area contributed by atoms with E-state index in [1.807, 2.05) is 18.4 Å². The van der Waals surface area contributed by atoms with Gasteiger partial charge in [0.15, 0.2) is 0 Å². The number of sulfonamides is 1. The first-order valence-electron chi connectivity index (χ1n) is 6.09. The molecular weight excluding hydrogens is 294 g/mol. The van der Waals surface area contributed by atoms with Crippen molar-refractivity contribution in [2.75, 3.05) is 14.2 Å². The van der Waals surface area contributed by atoms with Crippen LogP contribution in [0.2, 0.25) is 0 Å². The van der Waals surface area contributed by atoms with Gasteiger partial charge in [0.25, 0.3) is 0 Å². The molecule has 0 aliphatic carbocycles. The summed E-state index contributed by atoms with van der Waals surface area (Å²) in [7, 11) is -0.505. The Morgan fingerprint density at radius 2 is 1.95 bits per heavy atom. The summed E-state index contributed by atoms with van der Waals surface area (Å²) in [6, 6.07) is 8.65. The fourth-order valence-electron chi connectivity index (χ4n) is 1.85. The molecule has 0 radical (unpaired) electrons. The van der Waals surface area contributed by atoms with Crippen LogP contribution in [0.15, 0.2) is 40.6 Å². The van der Waals surface area contributed by atoms with Gasteiger partial charge in [-0.3, -0.25) is 0 Å². The normalized spacial score (nSPS) is 11.8. The molecule has 0 saturated heterocycles. The van der Waals surface area contributed by atoms with Gasteiger partial charge in [0.2, 0.25) is 10.0 Å². The van der Waals surface area contributed by atoms with Crippen molar-refractivity contribution in [1.82, 2.24) is 4.31 Å². The molecule has 108 valence electrons. The van der Waals surface area contributed by atoms with E-state index in [9.17, 15) is 8.42 Å². The fourth-order valence-corrected chi connectivity index (χ4v) is 4.18.